The van der Waals surface area contributed by atoms with Crippen molar-refractivity contribution in [1.29, 1.82) is 0 Å². The molecule has 3 amide bonds. The van der Waals surface area contributed by atoms with Crippen molar-refractivity contribution in [2.45, 2.75) is 76.8 Å². The Morgan fingerprint density at radius 2 is 1.48 bits per heavy atom. The van der Waals surface area contributed by atoms with Crippen LogP contribution in [0.15, 0.2) is 83.2 Å². The third-order valence-corrected chi connectivity index (χ3v) is 14.2. The van der Waals surface area contributed by atoms with Crippen LogP contribution in [0.25, 0.3) is 0 Å². The molecule has 3 heterocycles. The number of aliphatic hydroxyl groups excluding tert-OH is 1. The van der Waals surface area contributed by atoms with Crippen LogP contribution in [0.3, 0.4) is 0 Å². The molecule has 0 bridgehead atoms. The topological polar surface area (TPSA) is 354 Å². The van der Waals surface area contributed by atoms with E-state index < -0.39 is 85.2 Å². The first-order valence-corrected chi connectivity index (χ1v) is 27.1. The fourth-order valence-electron chi connectivity index (χ4n) is 6.45. The Morgan fingerprint density at radius 3 is 2.14 bits per heavy atom. The molecule has 4 aliphatic rings. The van der Waals surface area contributed by atoms with E-state index in [1.807, 2.05) is 12.2 Å². The van der Waals surface area contributed by atoms with Crippen LogP contribution >= 0.6 is 23.5 Å². The van der Waals surface area contributed by atoms with E-state index in [4.69, 9.17) is 50.4 Å². The normalized spacial score (nSPS) is 23.9. The molecule has 0 spiro atoms. The monoisotopic (exact) mass is 1090 g/mol. The smallest absolute Gasteiger partial charge is 0.529 e. The average Bonchev–Trinajstić information content (AvgIpc) is 4.08. The van der Waals surface area contributed by atoms with Gasteiger partial charge < -0.3 is 64.4 Å². The number of allylic oxidation sites excluding steroid dienone is 7. The molecule has 0 aromatic carbocycles. The Kier molecular flexibility index (Phi) is 25.1. The van der Waals surface area contributed by atoms with Crippen LogP contribution in [0.4, 0.5) is 0 Å². The number of ether oxygens (including phenoxy) is 3. The third kappa shape index (κ3) is 21.6. The maximum absolute atomic E-state index is 13.8. The summed E-state index contributed by atoms with van der Waals surface area (Å²) in [5.74, 6) is -2.21. The standard InChI is InChI=1S/C43H65N6O21P3/c1-28(50)32(10-12-39(53)45-16-15-44-30(3)52)22-48-35-25-64-38(43(35)70-72(58,60-4)61-5)27-67-73(59,62-6)69-36-14-19-63-37(36)26-66-71(56,57)68-34-21-42(65-24-34)49-23-33(29(2)51)11-13-40(54)46-17-18-47-41(55)20-31-8-7-9-31/h7-8,10-13,20,22-23,34-37,40,42,46,48-49,54H,9,14-19,21,24-27H2,1-6H3,(H,44,52)(H,45,53)(H,47,55)(H,56,57)/p-1/b12-10-,13-11-,31-20-,32-22-,33-23-/t34?,35?,36?,37-,40?,42-,73?/m1/s1. The summed E-state index contributed by atoms with van der Waals surface area (Å²) < 4.78 is 98.9. The van der Waals surface area contributed by atoms with Gasteiger partial charge in [0.05, 0.1) is 19.3 Å². The summed E-state index contributed by atoms with van der Waals surface area (Å²) in [6, 6.07) is -0.979. The average molecular weight is 1090 g/mol. The van der Waals surface area contributed by atoms with Gasteiger partial charge in [0, 0.05) is 110 Å². The van der Waals surface area contributed by atoms with Gasteiger partial charge in [0.15, 0.2) is 23.1 Å². The van der Waals surface area contributed by atoms with E-state index in [2.05, 4.69) is 31.9 Å². The number of aliphatic hydroxyl groups is 1. The van der Waals surface area contributed by atoms with E-state index in [0.29, 0.717) is 0 Å². The molecule has 2 fully saturated rings. The highest BCUT2D eigenvalue weighted by Crippen LogP contribution is 2.54. The van der Waals surface area contributed by atoms with Crippen molar-refractivity contribution in [2.75, 3.05) is 80.5 Å². The van der Waals surface area contributed by atoms with Crippen molar-refractivity contribution in [3.8, 4) is 0 Å². The SMILES string of the molecule is COP(=O)(OC)OC1=C(COP(=O)(OC)OC2CCO[C@@H]2COP(=O)([O-])OC2CO[C@@H](N/C=C(/C=C\C(O)NCCNC(=O)/C=C3/C=CC3)C(C)=O)C2)OCC1N/C=C(/C=C\C(=O)NCCNC(C)=O)C(C)=O. The van der Waals surface area contributed by atoms with Crippen molar-refractivity contribution in [2.24, 2.45) is 0 Å². The lowest BCUT2D eigenvalue weighted by atomic mass is 10.0. The van der Waals surface area contributed by atoms with Gasteiger partial charge in [-0.2, -0.15) is 0 Å². The Labute approximate surface area is 422 Å². The van der Waals surface area contributed by atoms with E-state index in [-0.39, 0.29) is 99.1 Å². The highest BCUT2D eigenvalue weighted by Gasteiger charge is 2.41. The number of carbonyl (C=O) groups excluding carboxylic acids is 5. The Bertz CT molecular complexity index is 2310. The summed E-state index contributed by atoms with van der Waals surface area (Å²) >= 11 is 0. The first-order valence-electron chi connectivity index (χ1n) is 22.7. The maximum Gasteiger partial charge on any atom is 0.529 e. The van der Waals surface area contributed by atoms with Crippen molar-refractivity contribution >= 4 is 52.8 Å². The van der Waals surface area contributed by atoms with Gasteiger partial charge in [-0.25, -0.2) is 9.13 Å². The van der Waals surface area contributed by atoms with Crippen molar-refractivity contribution in [3.05, 3.63) is 83.2 Å². The zero-order chi connectivity index (χ0) is 53.6. The van der Waals surface area contributed by atoms with Gasteiger partial charge in [-0.15, -0.1) is 0 Å². The number of amides is 3. The van der Waals surface area contributed by atoms with Crippen molar-refractivity contribution in [1.82, 2.24) is 31.9 Å². The minimum atomic E-state index is -5.01. The highest BCUT2D eigenvalue weighted by atomic mass is 31.2. The second kappa shape index (κ2) is 30.0. The van der Waals surface area contributed by atoms with Gasteiger partial charge in [-0.3, -0.25) is 56.5 Å². The number of phosphoric acid groups is 3. The summed E-state index contributed by atoms with van der Waals surface area (Å²) in [6.07, 6.45) is 8.80. The first-order chi connectivity index (χ1) is 34.7. The Morgan fingerprint density at radius 1 is 0.822 bits per heavy atom. The number of phosphoric ester groups is 3. The van der Waals surface area contributed by atoms with E-state index in [1.165, 1.54) is 57.5 Å². The maximum atomic E-state index is 13.8. The number of Topliss-reactive ketones (excluding diaryl/α,β-unsaturated/α-hetero) is 2. The predicted octanol–water partition coefficient (Wildman–Crippen LogP) is 0.976. The lowest BCUT2D eigenvalue weighted by Crippen LogP contribution is -2.35. The third-order valence-electron chi connectivity index (χ3n) is 10.4. The zero-order valence-electron chi connectivity index (χ0n) is 41.1. The number of ketones is 2. The summed E-state index contributed by atoms with van der Waals surface area (Å²) in [4.78, 5) is 72.8. The minimum Gasteiger partial charge on any atom is -0.756 e. The number of rotatable bonds is 33. The van der Waals surface area contributed by atoms with Crippen LogP contribution in [-0.4, -0.2) is 152 Å². The minimum absolute atomic E-state index is 0.0273. The molecule has 0 radical (unpaired) electrons. The molecule has 0 saturated carbocycles. The van der Waals surface area contributed by atoms with Crippen molar-refractivity contribution in [3.63, 3.8) is 0 Å². The van der Waals surface area contributed by atoms with Crippen molar-refractivity contribution < 1.29 is 98.1 Å². The summed E-state index contributed by atoms with van der Waals surface area (Å²) in [7, 11) is -10.6. The number of hydrogen-bond donors (Lipinski definition) is 7. The summed E-state index contributed by atoms with van der Waals surface area (Å²) in [6.45, 7) is 3.13. The number of nitrogens with one attached hydrogen (secondary N) is 6. The van der Waals surface area contributed by atoms with E-state index in [9.17, 15) is 47.7 Å². The van der Waals surface area contributed by atoms with Gasteiger partial charge in [0.25, 0.3) is 7.82 Å². The Balaban J connectivity index is 1.28. The molecule has 0 aromatic rings. The number of hydrogen-bond acceptors (Lipinski definition) is 24. The molecule has 7 N–H and O–H groups in total. The molecule has 8 atom stereocenters. The molecular formula is C43H64N6O21P3-. The highest BCUT2D eigenvalue weighted by molar-refractivity contribution is 7.48. The number of carbonyl (C=O) groups is 5. The van der Waals surface area contributed by atoms with Crippen LogP contribution in [0.1, 0.15) is 40.0 Å². The van der Waals surface area contributed by atoms with Crippen LogP contribution in [0.5, 0.6) is 0 Å². The quantitative estimate of drug-likeness (QED) is 0.0158. The molecule has 0 aromatic heterocycles. The van der Waals surface area contributed by atoms with Crippen LogP contribution in [0, 0.1) is 0 Å². The molecule has 3 aliphatic heterocycles. The lowest BCUT2D eigenvalue weighted by molar-refractivity contribution is -0.231. The molecule has 30 heteroatoms. The zero-order valence-corrected chi connectivity index (χ0v) is 43.8. The molecule has 27 nitrogen and oxygen atoms in total. The van der Waals surface area contributed by atoms with Gasteiger partial charge >= 0.3 is 15.6 Å². The first kappa shape index (κ1) is 60.9. The second-order valence-corrected chi connectivity index (χ2v) is 20.9. The fourth-order valence-corrected chi connectivity index (χ4v) is 9.22. The largest absolute Gasteiger partial charge is 0.756 e. The molecule has 6 unspecified atom stereocenters. The van der Waals surface area contributed by atoms with E-state index in [1.54, 1.807) is 0 Å². The van der Waals surface area contributed by atoms with E-state index >= 15 is 0 Å². The molecule has 408 valence electrons. The van der Waals surface area contributed by atoms with Gasteiger partial charge in [-0.1, -0.05) is 18.2 Å². The lowest BCUT2D eigenvalue weighted by Gasteiger charge is -2.28. The van der Waals surface area contributed by atoms with Crippen LogP contribution in [0.2, 0.25) is 0 Å². The van der Waals surface area contributed by atoms with Crippen LogP contribution in [-0.2, 0) is 88.1 Å². The molecular weight excluding hydrogens is 1030 g/mol. The summed E-state index contributed by atoms with van der Waals surface area (Å²) in [5.41, 5.74) is 1.13. The molecule has 73 heavy (non-hydrogen) atoms. The van der Waals surface area contributed by atoms with Gasteiger partial charge in [-0.05, 0) is 38.0 Å². The second-order valence-electron chi connectivity index (χ2n) is 16.0. The van der Waals surface area contributed by atoms with Gasteiger partial charge in [0.2, 0.25) is 17.7 Å². The molecule has 4 rings (SSSR count). The molecule has 1 aliphatic carbocycles. The predicted molar refractivity (Wildman–Crippen MR) is 255 cm³/mol. The van der Waals surface area contributed by atoms with Crippen LogP contribution < -0.4 is 36.8 Å². The van der Waals surface area contributed by atoms with E-state index in [0.717, 1.165) is 39.4 Å². The fraction of sp³-hybridized carbons (Fsp3) is 0.558. The Hall–Kier alpha value is -4.66. The van der Waals surface area contributed by atoms with Gasteiger partial charge in [0.1, 0.15) is 43.9 Å². The summed E-state index contributed by atoms with van der Waals surface area (Å²) in [5, 5.41) is 26.6. The molecule has 2 saturated heterocycles.